The van der Waals surface area contributed by atoms with Crippen molar-refractivity contribution >= 4 is 28.7 Å². The van der Waals surface area contributed by atoms with E-state index in [9.17, 15) is 14.4 Å². The lowest BCUT2D eigenvalue weighted by Crippen LogP contribution is -2.37. The molecular formula is C15H14ClN5O4. The van der Waals surface area contributed by atoms with Crippen LogP contribution in [0.25, 0.3) is 11.2 Å². The molecule has 10 heteroatoms. The molecule has 0 fully saturated rings. The minimum Gasteiger partial charge on any atom is -0.460 e. The topological polar surface area (TPSA) is 101 Å². The van der Waals surface area contributed by atoms with Crippen LogP contribution in [0.15, 0.2) is 34.2 Å². The van der Waals surface area contributed by atoms with Gasteiger partial charge >= 0.3 is 11.7 Å². The molecule has 3 aromatic rings. The maximum Gasteiger partial charge on any atom is 0.339 e. The Morgan fingerprint density at radius 2 is 1.96 bits per heavy atom. The third-order valence-corrected chi connectivity index (χ3v) is 3.97. The Morgan fingerprint density at radius 3 is 2.64 bits per heavy atom. The van der Waals surface area contributed by atoms with E-state index in [1.54, 1.807) is 4.57 Å². The fourth-order valence-electron chi connectivity index (χ4n) is 2.38. The molecule has 0 N–H and O–H groups in total. The minimum absolute atomic E-state index is 0.0267. The van der Waals surface area contributed by atoms with Crippen molar-refractivity contribution in [3.05, 3.63) is 56.2 Å². The number of carbonyl (C=O) groups excluding carboxylic acids is 1. The monoisotopic (exact) mass is 363 g/mol. The Bertz CT molecular complexity index is 1060. The summed E-state index contributed by atoms with van der Waals surface area (Å²) in [7, 11) is 2.93. The fourth-order valence-corrected chi connectivity index (χ4v) is 2.49. The predicted molar refractivity (Wildman–Crippen MR) is 89.7 cm³/mol. The van der Waals surface area contributed by atoms with Crippen LogP contribution in [-0.2, 0) is 25.4 Å². The van der Waals surface area contributed by atoms with Crippen LogP contribution in [0.2, 0.25) is 5.15 Å². The van der Waals surface area contributed by atoms with Gasteiger partial charge in [0.25, 0.3) is 5.56 Å². The van der Waals surface area contributed by atoms with Crippen LogP contribution >= 0.6 is 11.6 Å². The van der Waals surface area contributed by atoms with E-state index in [-0.39, 0.29) is 35.0 Å². The number of aromatic nitrogens is 5. The first kappa shape index (κ1) is 16.9. The summed E-state index contributed by atoms with van der Waals surface area (Å²) < 4.78 is 9.01. The first-order valence-electron chi connectivity index (χ1n) is 7.29. The van der Waals surface area contributed by atoms with Gasteiger partial charge in [0.1, 0.15) is 11.8 Å². The standard InChI is InChI=1S/C15H14ClN5O4/c1-19-12-11(13(22)20(2)15(19)24)21(8-18-12)5-6-25-14(23)9-3-4-10(16)17-7-9/h3-4,7-8H,5-6H2,1-2H3. The maximum absolute atomic E-state index is 12.3. The van der Waals surface area contributed by atoms with Gasteiger partial charge in [0.2, 0.25) is 0 Å². The molecule has 9 nitrogen and oxygen atoms in total. The van der Waals surface area contributed by atoms with Gasteiger partial charge in [0, 0.05) is 20.3 Å². The number of nitrogens with zero attached hydrogens (tertiary/aromatic N) is 5. The third kappa shape index (κ3) is 3.05. The highest BCUT2D eigenvalue weighted by Gasteiger charge is 2.14. The van der Waals surface area contributed by atoms with Gasteiger partial charge in [-0.05, 0) is 12.1 Å². The second kappa shape index (κ2) is 6.52. The number of pyridine rings is 1. The highest BCUT2D eigenvalue weighted by Crippen LogP contribution is 2.08. The summed E-state index contributed by atoms with van der Waals surface area (Å²) in [5.74, 6) is -0.547. The lowest BCUT2D eigenvalue weighted by Gasteiger charge is -2.07. The molecule has 3 rings (SSSR count). The van der Waals surface area contributed by atoms with Gasteiger partial charge < -0.3 is 9.30 Å². The molecule has 0 aliphatic carbocycles. The molecule has 0 radical (unpaired) electrons. The number of fused-ring (bicyclic) bond motifs is 1. The van der Waals surface area contributed by atoms with Crippen molar-refractivity contribution in [2.45, 2.75) is 6.54 Å². The SMILES string of the molecule is Cn1c(=O)c2c(ncn2CCOC(=O)c2ccc(Cl)nc2)n(C)c1=O. The third-order valence-electron chi connectivity index (χ3n) is 3.75. The lowest BCUT2D eigenvalue weighted by molar-refractivity contribution is 0.0492. The van der Waals surface area contributed by atoms with E-state index in [1.807, 2.05) is 0 Å². The van der Waals surface area contributed by atoms with E-state index in [4.69, 9.17) is 16.3 Å². The molecule has 0 spiro atoms. The van der Waals surface area contributed by atoms with Crippen molar-refractivity contribution in [1.29, 1.82) is 0 Å². The smallest absolute Gasteiger partial charge is 0.339 e. The molecule has 0 saturated heterocycles. The summed E-state index contributed by atoms with van der Waals surface area (Å²) >= 11 is 5.67. The van der Waals surface area contributed by atoms with Gasteiger partial charge in [-0.25, -0.2) is 19.6 Å². The van der Waals surface area contributed by atoms with Gasteiger partial charge in [0.05, 0.1) is 18.4 Å². The van der Waals surface area contributed by atoms with Crippen LogP contribution in [-0.4, -0.2) is 36.2 Å². The zero-order valence-electron chi connectivity index (χ0n) is 13.5. The number of esters is 1. The van der Waals surface area contributed by atoms with Crippen molar-refractivity contribution in [2.24, 2.45) is 14.1 Å². The van der Waals surface area contributed by atoms with Crippen molar-refractivity contribution in [3.8, 4) is 0 Å². The molecule has 130 valence electrons. The molecule has 25 heavy (non-hydrogen) atoms. The molecule has 0 aromatic carbocycles. The number of ether oxygens (including phenoxy) is 1. The van der Waals surface area contributed by atoms with Crippen LogP contribution in [0.1, 0.15) is 10.4 Å². The normalized spacial score (nSPS) is 11.0. The zero-order chi connectivity index (χ0) is 18.1. The van der Waals surface area contributed by atoms with Gasteiger partial charge in [0.15, 0.2) is 11.2 Å². The minimum atomic E-state index is -0.547. The maximum atomic E-state index is 12.3. The van der Waals surface area contributed by atoms with E-state index >= 15 is 0 Å². The van der Waals surface area contributed by atoms with Crippen LogP contribution in [0.5, 0.6) is 0 Å². The number of halogens is 1. The van der Waals surface area contributed by atoms with E-state index in [0.717, 1.165) is 4.57 Å². The zero-order valence-corrected chi connectivity index (χ0v) is 14.2. The van der Waals surface area contributed by atoms with Crippen LogP contribution < -0.4 is 11.2 Å². The first-order valence-corrected chi connectivity index (χ1v) is 7.67. The van der Waals surface area contributed by atoms with E-state index < -0.39 is 17.2 Å². The molecule has 0 aliphatic rings. The molecule has 0 bridgehead atoms. The summed E-state index contributed by atoms with van der Waals surface area (Å²) in [5.41, 5.74) is -0.0819. The van der Waals surface area contributed by atoms with E-state index in [1.165, 1.54) is 43.3 Å². The summed E-state index contributed by atoms with van der Waals surface area (Å²) in [6.45, 7) is 0.246. The molecule has 0 unspecified atom stereocenters. The van der Waals surface area contributed by atoms with Crippen molar-refractivity contribution in [3.63, 3.8) is 0 Å². The Kier molecular flexibility index (Phi) is 4.41. The number of aryl methyl sites for hydroxylation is 1. The van der Waals surface area contributed by atoms with Gasteiger partial charge in [-0.15, -0.1) is 0 Å². The van der Waals surface area contributed by atoms with Crippen LogP contribution in [0, 0.1) is 0 Å². The van der Waals surface area contributed by atoms with Crippen molar-refractivity contribution < 1.29 is 9.53 Å². The number of imidazole rings is 1. The summed E-state index contributed by atoms with van der Waals surface area (Å²) in [6.07, 6.45) is 2.76. The molecule has 0 aliphatic heterocycles. The predicted octanol–water partition coefficient (Wildman–Crippen LogP) is 0.339. The van der Waals surface area contributed by atoms with Gasteiger partial charge in [-0.1, -0.05) is 11.6 Å². The van der Waals surface area contributed by atoms with Crippen molar-refractivity contribution in [1.82, 2.24) is 23.7 Å². The number of hydrogen-bond acceptors (Lipinski definition) is 6. The Balaban J connectivity index is 1.78. The van der Waals surface area contributed by atoms with Crippen molar-refractivity contribution in [2.75, 3.05) is 6.61 Å². The highest BCUT2D eigenvalue weighted by atomic mass is 35.5. The van der Waals surface area contributed by atoms with Gasteiger partial charge in [-0.2, -0.15) is 0 Å². The highest BCUT2D eigenvalue weighted by molar-refractivity contribution is 6.29. The second-order valence-corrected chi connectivity index (χ2v) is 5.71. The van der Waals surface area contributed by atoms with Crippen LogP contribution in [0.3, 0.4) is 0 Å². The number of hydrogen-bond donors (Lipinski definition) is 0. The Labute approximate surface area is 146 Å². The average Bonchev–Trinajstić information content (AvgIpc) is 3.02. The summed E-state index contributed by atoms with van der Waals surface area (Å²) in [5, 5.41) is 0.280. The fraction of sp³-hybridized carbons (Fsp3) is 0.267. The van der Waals surface area contributed by atoms with E-state index in [2.05, 4.69) is 9.97 Å². The summed E-state index contributed by atoms with van der Waals surface area (Å²) in [4.78, 5) is 44.0. The summed E-state index contributed by atoms with van der Waals surface area (Å²) in [6, 6.07) is 3.00. The molecule has 3 heterocycles. The van der Waals surface area contributed by atoms with E-state index in [0.29, 0.717) is 0 Å². The molecule has 3 aromatic heterocycles. The quantitative estimate of drug-likeness (QED) is 0.489. The molecule has 0 atom stereocenters. The van der Waals surface area contributed by atoms with Crippen LogP contribution in [0.4, 0.5) is 0 Å². The number of rotatable bonds is 4. The first-order chi connectivity index (χ1) is 11.9. The average molecular weight is 364 g/mol. The van der Waals surface area contributed by atoms with Gasteiger partial charge in [-0.3, -0.25) is 13.9 Å². The molecule has 0 amide bonds. The molecular weight excluding hydrogens is 350 g/mol. The Morgan fingerprint density at radius 1 is 1.20 bits per heavy atom. The Hall–Kier alpha value is -2.94. The second-order valence-electron chi connectivity index (χ2n) is 5.32. The number of carbonyl (C=O) groups is 1. The largest absolute Gasteiger partial charge is 0.460 e. The lowest BCUT2D eigenvalue weighted by atomic mass is 10.3. The molecule has 0 saturated carbocycles.